The molecule has 0 radical (unpaired) electrons. The van der Waals surface area contributed by atoms with Crippen LogP contribution in [0.4, 0.5) is 0 Å². The van der Waals surface area contributed by atoms with Gasteiger partial charge >= 0.3 is 5.97 Å². The van der Waals surface area contributed by atoms with Crippen molar-refractivity contribution in [2.24, 2.45) is 39.6 Å². The maximum Gasteiger partial charge on any atom is 0.303 e. The fourth-order valence-electron chi connectivity index (χ4n) is 11.8. The van der Waals surface area contributed by atoms with Gasteiger partial charge in [-0.2, -0.15) is 0 Å². The van der Waals surface area contributed by atoms with Crippen LogP contribution in [0.5, 0.6) is 5.75 Å². The smallest absolute Gasteiger partial charge is 0.303 e. The van der Waals surface area contributed by atoms with Crippen LogP contribution in [-0.2, 0) is 86.4 Å². The summed E-state index contributed by atoms with van der Waals surface area (Å²) in [4.78, 5) is 205. The zero-order valence-corrected chi connectivity index (χ0v) is 62.2. The minimum atomic E-state index is -1.75. The molecule has 3 aromatic carbocycles. The summed E-state index contributed by atoms with van der Waals surface area (Å²) >= 11 is 13.1. The van der Waals surface area contributed by atoms with Gasteiger partial charge in [0.2, 0.25) is 76.8 Å². The van der Waals surface area contributed by atoms with Crippen molar-refractivity contribution >= 4 is 144 Å². The molecule has 38 heteroatoms. The van der Waals surface area contributed by atoms with Crippen LogP contribution in [0, 0.1) is 5.92 Å². The highest BCUT2D eigenvalue weighted by Gasteiger charge is 2.38. The summed E-state index contributed by atoms with van der Waals surface area (Å²) in [6.07, 6.45) is 0.604. The minimum absolute atomic E-state index is 0.00223. The van der Waals surface area contributed by atoms with Crippen LogP contribution in [-0.4, -0.2) is 207 Å². The van der Waals surface area contributed by atoms with Crippen LogP contribution in [0.2, 0.25) is 10.0 Å². The maximum atomic E-state index is 15.1. The van der Waals surface area contributed by atoms with E-state index < -0.39 is 194 Å². The molecule has 1 aliphatic heterocycles. The van der Waals surface area contributed by atoms with E-state index in [-0.39, 0.29) is 90.9 Å². The normalized spacial score (nSPS) is 21.3. The van der Waals surface area contributed by atoms with Gasteiger partial charge in [-0.15, -0.1) is 0 Å². The van der Waals surface area contributed by atoms with E-state index in [2.05, 4.69) is 63.1 Å². The van der Waals surface area contributed by atoms with E-state index in [1.54, 1.807) is 44.3 Å². The van der Waals surface area contributed by atoms with Crippen molar-refractivity contribution in [2.45, 2.75) is 171 Å². The number of aliphatic carboxylic acids is 1. The van der Waals surface area contributed by atoms with Gasteiger partial charge in [-0.1, -0.05) is 114 Å². The number of aliphatic imine (C=N–C) groups is 1. The summed E-state index contributed by atoms with van der Waals surface area (Å²) in [5.41, 5.74) is 30.1. The molecule has 2 heterocycles. The van der Waals surface area contributed by atoms with Crippen LogP contribution in [0.25, 0.3) is 10.9 Å². The second-order valence-electron chi connectivity index (χ2n) is 26.1. The molecule has 107 heavy (non-hydrogen) atoms. The number of primary amides is 2. The summed E-state index contributed by atoms with van der Waals surface area (Å²) in [6, 6.07) is 2.46. The number of rotatable bonds is 26. The molecule has 0 spiro atoms. The van der Waals surface area contributed by atoms with Gasteiger partial charge in [-0.25, -0.2) is 0 Å². The lowest BCUT2D eigenvalue weighted by molar-refractivity contribution is -0.139. The number of benzene rings is 3. The van der Waals surface area contributed by atoms with E-state index in [4.69, 9.17) is 51.9 Å². The van der Waals surface area contributed by atoms with Crippen LogP contribution < -0.4 is 81.8 Å². The monoisotopic (exact) mass is 1560 g/mol. The Morgan fingerprint density at radius 3 is 1.93 bits per heavy atom. The van der Waals surface area contributed by atoms with E-state index in [0.29, 0.717) is 34.9 Å². The number of phenols is 1. The van der Waals surface area contributed by atoms with Gasteiger partial charge < -0.3 is 102 Å². The first-order valence-corrected chi connectivity index (χ1v) is 38.0. The van der Waals surface area contributed by atoms with Gasteiger partial charge in [0, 0.05) is 99.2 Å². The van der Waals surface area contributed by atoms with Crippen molar-refractivity contribution < 1.29 is 77.3 Å². The molecule has 23 N–H and O–H groups in total. The minimum Gasteiger partial charge on any atom is -0.508 e. The maximum absolute atomic E-state index is 15.1. The number of hydrogen-bond acceptors (Lipinski definition) is 19. The average Bonchev–Trinajstić information content (AvgIpc) is 1.75. The van der Waals surface area contributed by atoms with E-state index in [1.807, 2.05) is 0 Å². The van der Waals surface area contributed by atoms with Crippen molar-refractivity contribution in [3.63, 3.8) is 0 Å². The van der Waals surface area contributed by atoms with E-state index >= 15 is 4.79 Å². The molecule has 2 fully saturated rings. The van der Waals surface area contributed by atoms with Crippen molar-refractivity contribution in [2.75, 3.05) is 37.7 Å². The number of aromatic hydroxyl groups is 1. The summed E-state index contributed by atoms with van der Waals surface area (Å²) in [6.45, 7) is 2.17. The van der Waals surface area contributed by atoms with Crippen molar-refractivity contribution in [1.29, 1.82) is 0 Å². The Morgan fingerprint density at radius 2 is 1.28 bits per heavy atom. The first kappa shape index (κ1) is 86.0. The van der Waals surface area contributed by atoms with Gasteiger partial charge in [-0.3, -0.25) is 72.1 Å². The number of phenolic OH excluding ortho intramolecular Hbond substituents is 1. The number of amides is 13. The third-order valence-electron chi connectivity index (χ3n) is 17.5. The molecule has 9 atom stereocenters. The fourth-order valence-corrected chi connectivity index (χ4v) is 14.6. The molecule has 1 aliphatic carbocycles. The number of carbonyl (C=O) groups excluding carboxylic acids is 13. The second kappa shape index (κ2) is 43.0. The predicted molar refractivity (Wildman–Crippen MR) is 401 cm³/mol. The predicted octanol–water partition coefficient (Wildman–Crippen LogP) is -1.08. The number of H-pyrrole nitrogens is 1. The Labute approximate surface area is 634 Å². The number of carboxylic acid groups (broad SMARTS) is 1. The topological polar surface area (TPSA) is 561 Å². The van der Waals surface area contributed by atoms with Crippen molar-refractivity contribution in [3.8, 4) is 5.75 Å². The van der Waals surface area contributed by atoms with Crippen molar-refractivity contribution in [3.05, 3.63) is 99.7 Å². The molecule has 13 amide bonds. The number of nitrogens with two attached hydrogens (primary N) is 5. The lowest BCUT2D eigenvalue weighted by Crippen LogP contribution is -2.61. The zero-order valence-electron chi connectivity index (χ0n) is 59.1. The van der Waals surface area contributed by atoms with Gasteiger partial charge in [0.1, 0.15) is 60.1 Å². The Kier molecular flexibility index (Phi) is 34.6. The molecular formula is C69H94Cl2N18O16S2. The SMILES string of the molecule is CC(C)[C@@H]1NC(=O)[C@@H](NC(=O)[C@H](Cc2ccc(O)cc2)NC(=O)CN(C(=O)CCN)C2CCCC2)CSSC[C@H](C(N)=O)NC(=O)[C@H](CCC(=O)O)NC(=O)[C@H](Cc2c[nH]c3ccccc23)NC(=O)[C@H](CCC(N)=O)NC(=O)CCNC(=O)[C@H](CCCN=C(N)N)NC(=O)[C@H](Cc2cccc(Cl)c2Cl)NC1=O. The highest BCUT2D eigenvalue weighted by molar-refractivity contribution is 8.76. The number of aromatic nitrogens is 1. The third-order valence-corrected chi connectivity index (χ3v) is 20.8. The molecule has 0 bridgehead atoms. The zero-order chi connectivity index (χ0) is 78.4. The number of halogens is 2. The number of para-hydroxylation sites is 1. The molecule has 1 saturated carbocycles. The summed E-state index contributed by atoms with van der Waals surface area (Å²) < 4.78 is 0. The van der Waals surface area contributed by atoms with Gasteiger partial charge in [0.05, 0.1) is 16.6 Å². The van der Waals surface area contributed by atoms with Gasteiger partial charge in [0.15, 0.2) is 5.96 Å². The van der Waals surface area contributed by atoms with Crippen LogP contribution in [0.3, 0.4) is 0 Å². The van der Waals surface area contributed by atoms with Gasteiger partial charge in [0.25, 0.3) is 0 Å². The highest BCUT2D eigenvalue weighted by atomic mass is 35.5. The van der Waals surface area contributed by atoms with Crippen LogP contribution in [0.15, 0.2) is 77.9 Å². The number of nitrogens with one attached hydrogen (secondary N) is 11. The molecule has 2 aliphatic rings. The number of guanidine groups is 1. The lowest BCUT2D eigenvalue weighted by atomic mass is 10.00. The molecular weight excluding hydrogens is 1470 g/mol. The molecule has 6 rings (SSSR count). The first-order chi connectivity index (χ1) is 50.9. The number of nitrogens with zero attached hydrogens (tertiary/aromatic N) is 2. The highest BCUT2D eigenvalue weighted by Crippen LogP contribution is 2.29. The van der Waals surface area contributed by atoms with Gasteiger partial charge in [-0.05, 0) is 85.4 Å². The fraction of sp³-hybridized carbons (Fsp3) is 0.493. The third kappa shape index (κ3) is 28.1. The molecule has 4 aromatic rings. The second-order valence-corrected chi connectivity index (χ2v) is 29.4. The standard InChI is InChI=1S/C69H94Cl2N18O16S2/c1-36(2)59-68(105)85-49(30-38-9-7-13-43(70)58(38)71)65(102)82-45(15-8-27-78-69(75)76)61(98)77-28-25-54(92)80-46(20-22-53(73)91)62(99)84-50(31-39-32-79-44-14-6-5-12-42(39)44)66(103)83-47(21-23-57(95)96)63(100)86-51(60(74)97)34-106-107-35-52(67(104)88-59)87-64(101)48(29-37-16-18-41(90)19-17-37)81-55(93)33-89(56(94)24-26-72)40-10-3-4-11-40/h5-7,9,12-14,16-19,32,36,40,45-52,59,79,90H,3-4,8,10-11,15,20-31,33-35,72H2,1-2H3,(H2,73,91)(H2,74,97)(H,77,98)(H,80,92)(H,81,93)(H,82,102)(H,83,103)(H,84,99)(H,85,105)(H,86,100)(H,87,101)(H,88,104)(H,95,96)(H4,75,76,78)/t45-,46-,47-,48-,49-,50-,51+,52-,59-/m0/s1. The number of carbonyl (C=O) groups is 14. The van der Waals surface area contributed by atoms with E-state index in [9.17, 15) is 72.5 Å². The molecule has 1 aromatic heterocycles. The largest absolute Gasteiger partial charge is 0.508 e. The Morgan fingerprint density at radius 1 is 0.673 bits per heavy atom. The van der Waals surface area contributed by atoms with Crippen molar-refractivity contribution in [1.82, 2.24) is 63.1 Å². The Bertz CT molecular complexity index is 3860. The first-order valence-electron chi connectivity index (χ1n) is 34.7. The Balaban J connectivity index is 1.42. The molecule has 1 saturated heterocycles. The summed E-state index contributed by atoms with van der Waals surface area (Å²) in [5.74, 6) is -15.4. The van der Waals surface area contributed by atoms with Crippen LogP contribution >= 0.6 is 44.8 Å². The molecule has 0 unspecified atom stereocenters. The number of hydrogen-bond donors (Lipinski definition) is 18. The number of carboxylic acids is 1. The van der Waals surface area contributed by atoms with Crippen LogP contribution in [0.1, 0.15) is 108 Å². The molecule has 34 nitrogen and oxygen atoms in total. The molecule has 582 valence electrons. The summed E-state index contributed by atoms with van der Waals surface area (Å²) in [7, 11) is 1.69. The van der Waals surface area contributed by atoms with E-state index in [0.717, 1.165) is 34.4 Å². The summed E-state index contributed by atoms with van der Waals surface area (Å²) in [5, 5.41) is 46.8. The van der Waals surface area contributed by atoms with E-state index in [1.165, 1.54) is 47.4 Å². The number of aromatic amines is 1. The number of fused-ring (bicyclic) bond motifs is 1. The average molecular weight is 1570 g/mol. The quantitative estimate of drug-likeness (QED) is 0.0154. The lowest BCUT2D eigenvalue weighted by Gasteiger charge is -2.30. The Hall–Kier alpha value is -9.91.